The Balaban J connectivity index is 1.85. The van der Waals surface area contributed by atoms with E-state index in [1.54, 1.807) is 12.1 Å². The number of amides is 1. The molecule has 0 spiro atoms. The van der Waals surface area contributed by atoms with Gasteiger partial charge in [0, 0.05) is 29.9 Å². The molecule has 8 heteroatoms. The van der Waals surface area contributed by atoms with Crippen molar-refractivity contribution in [3.8, 4) is 22.4 Å². The number of carbonyl (C=O) groups is 1. The van der Waals surface area contributed by atoms with Crippen LogP contribution in [0.25, 0.3) is 22.4 Å². The van der Waals surface area contributed by atoms with Crippen LogP contribution in [0.3, 0.4) is 0 Å². The maximum absolute atomic E-state index is 14.1. The van der Waals surface area contributed by atoms with Crippen molar-refractivity contribution in [1.29, 1.82) is 0 Å². The third kappa shape index (κ3) is 7.52. The summed E-state index contributed by atoms with van der Waals surface area (Å²) in [5.41, 5.74) is 4.90. The Labute approximate surface area is 245 Å². The lowest BCUT2D eigenvalue weighted by atomic mass is 9.94. The van der Waals surface area contributed by atoms with Crippen LogP contribution >= 0.6 is 0 Å². The average molecular weight is 575 g/mol. The minimum absolute atomic E-state index is 0.0219. The first-order valence-corrected chi connectivity index (χ1v) is 14.3. The number of anilines is 1. The topological polar surface area (TPSA) is 115 Å². The number of nitrogens with zero attached hydrogens (tertiary/aromatic N) is 1. The average Bonchev–Trinajstić information content (AvgIpc) is 3.33. The number of halogens is 1. The molecule has 0 aliphatic heterocycles. The largest absolute Gasteiger partial charge is 0.394 e. The van der Waals surface area contributed by atoms with Crippen molar-refractivity contribution in [1.82, 2.24) is 4.57 Å². The lowest BCUT2D eigenvalue weighted by Gasteiger charge is -2.21. The van der Waals surface area contributed by atoms with Crippen molar-refractivity contribution in [3.63, 3.8) is 0 Å². The molecule has 0 radical (unpaired) electrons. The normalized spacial score (nSPS) is 13.6. The highest BCUT2D eigenvalue weighted by molar-refractivity contribution is 6.12. The fourth-order valence-corrected chi connectivity index (χ4v) is 5.40. The fourth-order valence-electron chi connectivity index (χ4n) is 5.40. The molecule has 4 rings (SSSR count). The van der Waals surface area contributed by atoms with Crippen molar-refractivity contribution < 1.29 is 29.6 Å². The Morgan fingerprint density at radius 1 is 0.810 bits per heavy atom. The van der Waals surface area contributed by atoms with Crippen molar-refractivity contribution in [2.24, 2.45) is 0 Å². The van der Waals surface area contributed by atoms with E-state index in [9.17, 15) is 24.5 Å². The molecule has 0 unspecified atom stereocenters. The van der Waals surface area contributed by atoms with Crippen LogP contribution in [-0.2, 0) is 6.54 Å². The number of hydrogen-bond donors (Lipinski definition) is 5. The van der Waals surface area contributed by atoms with Gasteiger partial charge >= 0.3 is 0 Å². The standard InChI is InChI=1S/C34H39FN2O5/c1-22(2)32-31(34(42)36-26-11-7-4-8-12-26)30(23-9-5-3-6-10-23)33(24-13-15-25(35)16-14-24)37(32)18-17-27(39)19-28(40)20-29(41)21-38/h3-16,22,27-29,38-41H,17-21H2,1-2H3,(H,36,42)/t27-,28-,29-/m1/s1. The van der Waals surface area contributed by atoms with Gasteiger partial charge in [-0.1, -0.05) is 62.4 Å². The number of aromatic nitrogens is 1. The van der Waals surface area contributed by atoms with Gasteiger partial charge in [-0.15, -0.1) is 0 Å². The number of aliphatic hydroxyl groups is 4. The summed E-state index contributed by atoms with van der Waals surface area (Å²) in [5, 5.41) is 42.9. The van der Waals surface area contributed by atoms with E-state index in [1.165, 1.54) is 12.1 Å². The van der Waals surface area contributed by atoms with E-state index in [4.69, 9.17) is 5.11 Å². The Bertz CT molecular complexity index is 1440. The van der Waals surface area contributed by atoms with E-state index in [0.29, 0.717) is 23.4 Å². The van der Waals surface area contributed by atoms with Crippen molar-refractivity contribution >= 4 is 11.6 Å². The summed E-state index contributed by atoms with van der Waals surface area (Å²) in [6, 6.07) is 25.0. The molecule has 1 aromatic heterocycles. The van der Waals surface area contributed by atoms with Crippen molar-refractivity contribution in [2.75, 3.05) is 11.9 Å². The molecular formula is C34H39FN2O5. The van der Waals surface area contributed by atoms with Crippen LogP contribution in [0, 0.1) is 5.82 Å². The van der Waals surface area contributed by atoms with E-state index >= 15 is 0 Å². The van der Waals surface area contributed by atoms with E-state index in [0.717, 1.165) is 22.5 Å². The molecule has 0 aliphatic carbocycles. The van der Waals surface area contributed by atoms with Crippen LogP contribution < -0.4 is 5.32 Å². The third-order valence-corrected chi connectivity index (χ3v) is 7.27. The quantitative estimate of drug-likeness (QED) is 0.143. The zero-order chi connectivity index (χ0) is 30.2. The summed E-state index contributed by atoms with van der Waals surface area (Å²) < 4.78 is 16.1. The molecule has 4 aromatic rings. The molecule has 3 atom stereocenters. The highest BCUT2D eigenvalue weighted by Crippen LogP contribution is 2.42. The Hall–Kier alpha value is -3.82. The molecule has 1 heterocycles. The SMILES string of the molecule is CC(C)c1c(C(=O)Nc2ccccc2)c(-c2ccccc2)c(-c2ccc(F)cc2)n1CC[C@@H](O)C[C@@H](O)C[C@@H](O)CO. The predicted octanol–water partition coefficient (Wildman–Crippen LogP) is 5.58. The molecule has 0 bridgehead atoms. The van der Waals surface area contributed by atoms with E-state index in [2.05, 4.69) is 5.32 Å². The first-order valence-electron chi connectivity index (χ1n) is 14.3. The number of aliphatic hydroxyl groups excluding tert-OH is 4. The minimum Gasteiger partial charge on any atom is -0.394 e. The molecule has 42 heavy (non-hydrogen) atoms. The number of nitrogens with one attached hydrogen (secondary N) is 1. The van der Waals surface area contributed by atoms with Crippen molar-refractivity contribution in [3.05, 3.63) is 102 Å². The van der Waals surface area contributed by atoms with Gasteiger partial charge in [0.2, 0.25) is 0 Å². The fraction of sp³-hybridized carbons (Fsp3) is 0.324. The second kappa shape index (κ2) is 14.4. The van der Waals surface area contributed by atoms with Crippen LogP contribution in [-0.4, -0.2) is 55.8 Å². The number of carbonyl (C=O) groups excluding carboxylic acids is 1. The third-order valence-electron chi connectivity index (χ3n) is 7.27. The first-order chi connectivity index (χ1) is 20.2. The summed E-state index contributed by atoms with van der Waals surface area (Å²) in [6.45, 7) is 3.86. The molecular weight excluding hydrogens is 535 g/mol. The van der Waals surface area contributed by atoms with Gasteiger partial charge < -0.3 is 30.3 Å². The Morgan fingerprint density at radius 3 is 2.00 bits per heavy atom. The zero-order valence-electron chi connectivity index (χ0n) is 24.0. The number of para-hydroxylation sites is 1. The molecule has 0 aliphatic rings. The molecule has 5 N–H and O–H groups in total. The van der Waals surface area contributed by atoms with Crippen LogP contribution in [0.1, 0.15) is 55.1 Å². The number of benzene rings is 3. The summed E-state index contributed by atoms with van der Waals surface area (Å²) >= 11 is 0. The second-order valence-corrected chi connectivity index (χ2v) is 10.9. The highest BCUT2D eigenvalue weighted by atomic mass is 19.1. The maximum Gasteiger partial charge on any atom is 0.258 e. The molecule has 0 fully saturated rings. The van der Waals surface area contributed by atoms with Gasteiger partial charge in [0.15, 0.2) is 0 Å². The summed E-state index contributed by atoms with van der Waals surface area (Å²) in [4.78, 5) is 14.1. The monoisotopic (exact) mass is 574 g/mol. The number of rotatable bonds is 13. The van der Waals surface area contributed by atoms with Gasteiger partial charge in [0.05, 0.1) is 36.2 Å². The van der Waals surface area contributed by atoms with Crippen LogP contribution in [0.15, 0.2) is 84.9 Å². The summed E-state index contributed by atoms with van der Waals surface area (Å²) in [7, 11) is 0. The van der Waals surface area contributed by atoms with Crippen LogP contribution in [0.5, 0.6) is 0 Å². The zero-order valence-corrected chi connectivity index (χ0v) is 24.0. The molecule has 0 saturated heterocycles. The summed E-state index contributed by atoms with van der Waals surface area (Å²) in [5.74, 6) is -0.751. The molecule has 0 saturated carbocycles. The van der Waals surface area contributed by atoms with Gasteiger partial charge in [0.1, 0.15) is 5.82 Å². The summed E-state index contributed by atoms with van der Waals surface area (Å²) in [6.07, 6.45) is -2.72. The molecule has 222 valence electrons. The second-order valence-electron chi connectivity index (χ2n) is 10.9. The number of hydrogen-bond acceptors (Lipinski definition) is 5. The van der Waals surface area contributed by atoms with Gasteiger partial charge in [-0.2, -0.15) is 0 Å². The lowest BCUT2D eigenvalue weighted by molar-refractivity contribution is 0.0161. The van der Waals surface area contributed by atoms with Gasteiger partial charge in [-0.25, -0.2) is 4.39 Å². The van der Waals surface area contributed by atoms with Gasteiger partial charge in [-0.05, 0) is 66.3 Å². The molecule has 7 nitrogen and oxygen atoms in total. The lowest BCUT2D eigenvalue weighted by Crippen LogP contribution is -2.25. The Morgan fingerprint density at radius 2 is 1.40 bits per heavy atom. The highest BCUT2D eigenvalue weighted by Gasteiger charge is 2.31. The van der Waals surface area contributed by atoms with Gasteiger partial charge in [-0.3, -0.25) is 4.79 Å². The molecule has 3 aromatic carbocycles. The Kier molecular flexibility index (Phi) is 10.7. The van der Waals surface area contributed by atoms with Gasteiger partial charge in [0.25, 0.3) is 5.91 Å². The predicted molar refractivity (Wildman–Crippen MR) is 163 cm³/mol. The first kappa shape index (κ1) is 31.1. The van der Waals surface area contributed by atoms with E-state index in [1.807, 2.05) is 79.1 Å². The van der Waals surface area contributed by atoms with E-state index in [-0.39, 0.29) is 36.9 Å². The van der Waals surface area contributed by atoms with Crippen molar-refractivity contribution in [2.45, 2.75) is 63.9 Å². The molecule has 1 amide bonds. The van der Waals surface area contributed by atoms with Crippen LogP contribution in [0.2, 0.25) is 0 Å². The smallest absolute Gasteiger partial charge is 0.258 e. The van der Waals surface area contributed by atoms with E-state index < -0.39 is 24.9 Å². The van der Waals surface area contributed by atoms with Crippen LogP contribution in [0.4, 0.5) is 10.1 Å². The minimum atomic E-state index is -1.06. The maximum atomic E-state index is 14.1.